The maximum atomic E-state index is 9.21. The van der Waals surface area contributed by atoms with E-state index in [-0.39, 0.29) is 12.6 Å². The molecule has 0 bridgehead atoms. The van der Waals surface area contributed by atoms with Crippen LogP contribution >= 0.6 is 23.2 Å². The van der Waals surface area contributed by atoms with E-state index < -0.39 is 6.10 Å². The molecule has 0 spiro atoms. The quantitative estimate of drug-likeness (QED) is 0.762. The highest BCUT2D eigenvalue weighted by Gasteiger charge is 2.11. The van der Waals surface area contributed by atoms with Gasteiger partial charge in [0, 0.05) is 22.6 Å². The molecule has 0 amide bonds. The Morgan fingerprint density at radius 3 is 2.69 bits per heavy atom. The van der Waals surface area contributed by atoms with Crippen LogP contribution in [0.3, 0.4) is 0 Å². The zero-order valence-electron chi connectivity index (χ0n) is 8.95. The number of benzene rings is 1. The summed E-state index contributed by atoms with van der Waals surface area (Å²) in [6.45, 7) is 1.96. The van der Waals surface area contributed by atoms with Crippen LogP contribution in [0.1, 0.15) is 18.5 Å². The molecule has 3 N–H and O–H groups in total. The van der Waals surface area contributed by atoms with Gasteiger partial charge in [0.2, 0.25) is 0 Å². The lowest BCUT2D eigenvalue weighted by Gasteiger charge is -2.17. The number of hydrogen-bond acceptors (Lipinski definition) is 3. The maximum absolute atomic E-state index is 9.21. The molecule has 90 valence electrons. The predicted octanol–water partition coefficient (Wildman–Crippen LogP) is 2.00. The molecule has 0 heterocycles. The summed E-state index contributed by atoms with van der Waals surface area (Å²) in [6, 6.07) is 5.21. The van der Waals surface area contributed by atoms with E-state index in [0.29, 0.717) is 16.6 Å². The zero-order valence-corrected chi connectivity index (χ0v) is 10.5. The Labute approximate surface area is 105 Å². The fourth-order valence-electron chi connectivity index (χ4n) is 1.33. The molecule has 2 unspecified atom stereocenters. The third-order valence-electron chi connectivity index (χ3n) is 2.29. The van der Waals surface area contributed by atoms with Crippen LogP contribution in [-0.2, 0) is 0 Å². The molecule has 1 rings (SSSR count). The van der Waals surface area contributed by atoms with Gasteiger partial charge in [0.25, 0.3) is 0 Å². The van der Waals surface area contributed by atoms with Crippen molar-refractivity contribution in [3.05, 3.63) is 33.8 Å². The number of halogens is 2. The highest BCUT2D eigenvalue weighted by atomic mass is 35.5. The van der Waals surface area contributed by atoms with Gasteiger partial charge < -0.3 is 15.5 Å². The van der Waals surface area contributed by atoms with Crippen LogP contribution in [0.25, 0.3) is 0 Å². The van der Waals surface area contributed by atoms with Gasteiger partial charge in [0.15, 0.2) is 0 Å². The van der Waals surface area contributed by atoms with Crippen molar-refractivity contribution < 1.29 is 10.2 Å². The van der Waals surface area contributed by atoms with Gasteiger partial charge in [0.05, 0.1) is 12.7 Å². The molecule has 3 nitrogen and oxygen atoms in total. The lowest BCUT2D eigenvalue weighted by Crippen LogP contribution is -2.31. The van der Waals surface area contributed by atoms with Crippen molar-refractivity contribution in [2.45, 2.75) is 19.1 Å². The van der Waals surface area contributed by atoms with Crippen molar-refractivity contribution in [3.8, 4) is 0 Å². The van der Waals surface area contributed by atoms with E-state index in [4.69, 9.17) is 28.3 Å². The van der Waals surface area contributed by atoms with Crippen LogP contribution in [-0.4, -0.2) is 29.5 Å². The Kier molecular flexibility index (Phi) is 5.52. The third-order valence-corrected chi connectivity index (χ3v) is 2.87. The summed E-state index contributed by atoms with van der Waals surface area (Å²) in [6.07, 6.45) is -0.764. The van der Waals surface area contributed by atoms with Gasteiger partial charge in [-0.2, -0.15) is 0 Å². The zero-order chi connectivity index (χ0) is 12.1. The standard InChI is InChI=1S/C11H15Cl2NO2/c1-7(14-5-9(16)6-15)10-4-8(12)2-3-11(10)13/h2-4,7,9,14-16H,5-6H2,1H3. The average Bonchev–Trinajstić information content (AvgIpc) is 2.28. The lowest BCUT2D eigenvalue weighted by molar-refractivity contribution is 0.0924. The molecule has 1 aromatic rings. The van der Waals surface area contributed by atoms with Crippen LogP contribution in [0.15, 0.2) is 18.2 Å². The number of hydrogen-bond donors (Lipinski definition) is 3. The minimum absolute atomic E-state index is 0.0348. The van der Waals surface area contributed by atoms with Crippen molar-refractivity contribution in [1.82, 2.24) is 5.32 Å². The molecule has 0 aliphatic rings. The molecule has 5 heteroatoms. The second kappa shape index (κ2) is 6.42. The second-order valence-electron chi connectivity index (χ2n) is 3.63. The van der Waals surface area contributed by atoms with Crippen LogP contribution in [0, 0.1) is 0 Å². The van der Waals surface area contributed by atoms with Gasteiger partial charge in [0.1, 0.15) is 0 Å². The first kappa shape index (κ1) is 13.7. The van der Waals surface area contributed by atoms with Crippen molar-refractivity contribution in [2.75, 3.05) is 13.2 Å². The minimum Gasteiger partial charge on any atom is -0.394 e. The number of aliphatic hydroxyl groups excluding tert-OH is 2. The molecule has 0 saturated carbocycles. The molecular formula is C11H15Cl2NO2. The van der Waals surface area contributed by atoms with Crippen molar-refractivity contribution in [1.29, 1.82) is 0 Å². The molecule has 0 aliphatic carbocycles. The van der Waals surface area contributed by atoms with E-state index in [9.17, 15) is 5.11 Å². The Hall–Kier alpha value is -0.320. The van der Waals surface area contributed by atoms with Crippen LogP contribution < -0.4 is 5.32 Å². The lowest BCUT2D eigenvalue weighted by atomic mass is 10.1. The SMILES string of the molecule is CC(NCC(O)CO)c1cc(Cl)ccc1Cl. The molecule has 2 atom stereocenters. The first-order valence-electron chi connectivity index (χ1n) is 5.02. The normalized spacial score (nSPS) is 14.8. The maximum Gasteiger partial charge on any atom is 0.0895 e. The van der Waals surface area contributed by atoms with Gasteiger partial charge in [-0.3, -0.25) is 0 Å². The molecule has 0 saturated heterocycles. The van der Waals surface area contributed by atoms with E-state index in [1.165, 1.54) is 0 Å². The number of nitrogens with one attached hydrogen (secondary N) is 1. The van der Waals surface area contributed by atoms with Gasteiger partial charge >= 0.3 is 0 Å². The molecular weight excluding hydrogens is 249 g/mol. The molecule has 0 aliphatic heterocycles. The molecule has 1 aromatic carbocycles. The summed E-state index contributed by atoms with van der Waals surface area (Å²) in [5, 5.41) is 22.2. The minimum atomic E-state index is -0.764. The van der Waals surface area contributed by atoms with Crippen LogP contribution in [0.4, 0.5) is 0 Å². The van der Waals surface area contributed by atoms with E-state index >= 15 is 0 Å². The Bertz CT molecular complexity index is 347. The molecule has 0 fully saturated rings. The highest BCUT2D eigenvalue weighted by Crippen LogP contribution is 2.25. The van der Waals surface area contributed by atoms with Gasteiger partial charge in [-0.1, -0.05) is 23.2 Å². The highest BCUT2D eigenvalue weighted by molar-refractivity contribution is 6.33. The Balaban J connectivity index is 2.65. The molecule has 16 heavy (non-hydrogen) atoms. The number of rotatable bonds is 5. The Morgan fingerprint density at radius 1 is 1.38 bits per heavy atom. The monoisotopic (exact) mass is 263 g/mol. The summed E-state index contributed by atoms with van der Waals surface area (Å²) in [5.74, 6) is 0. The summed E-state index contributed by atoms with van der Waals surface area (Å²) in [4.78, 5) is 0. The summed E-state index contributed by atoms with van der Waals surface area (Å²) in [5.41, 5.74) is 0.874. The Morgan fingerprint density at radius 2 is 2.06 bits per heavy atom. The van der Waals surface area contributed by atoms with Gasteiger partial charge in [-0.25, -0.2) is 0 Å². The molecule has 0 radical (unpaired) electrons. The average molecular weight is 264 g/mol. The molecule has 0 aromatic heterocycles. The van der Waals surface area contributed by atoms with Crippen LogP contribution in [0.5, 0.6) is 0 Å². The van der Waals surface area contributed by atoms with Crippen LogP contribution in [0.2, 0.25) is 10.0 Å². The fraction of sp³-hybridized carbons (Fsp3) is 0.455. The van der Waals surface area contributed by atoms with E-state index in [1.54, 1.807) is 18.2 Å². The predicted molar refractivity (Wildman–Crippen MR) is 66.0 cm³/mol. The van der Waals surface area contributed by atoms with E-state index in [0.717, 1.165) is 5.56 Å². The first-order chi connectivity index (χ1) is 7.54. The van der Waals surface area contributed by atoms with E-state index in [2.05, 4.69) is 5.32 Å². The van der Waals surface area contributed by atoms with Crippen molar-refractivity contribution in [3.63, 3.8) is 0 Å². The summed E-state index contributed by atoms with van der Waals surface area (Å²) >= 11 is 11.9. The summed E-state index contributed by atoms with van der Waals surface area (Å²) in [7, 11) is 0. The topological polar surface area (TPSA) is 52.5 Å². The van der Waals surface area contributed by atoms with Crippen molar-refractivity contribution in [2.24, 2.45) is 0 Å². The summed E-state index contributed by atoms with van der Waals surface area (Å²) < 4.78 is 0. The smallest absolute Gasteiger partial charge is 0.0895 e. The first-order valence-corrected chi connectivity index (χ1v) is 5.77. The van der Waals surface area contributed by atoms with Crippen molar-refractivity contribution >= 4 is 23.2 Å². The van der Waals surface area contributed by atoms with Gasteiger partial charge in [-0.15, -0.1) is 0 Å². The number of aliphatic hydroxyl groups is 2. The third kappa shape index (κ3) is 3.92. The van der Waals surface area contributed by atoms with Gasteiger partial charge in [-0.05, 0) is 30.7 Å². The fourth-order valence-corrected chi connectivity index (χ4v) is 1.80. The van der Waals surface area contributed by atoms with E-state index in [1.807, 2.05) is 6.92 Å². The second-order valence-corrected chi connectivity index (χ2v) is 4.48. The largest absolute Gasteiger partial charge is 0.394 e.